The van der Waals surface area contributed by atoms with Gasteiger partial charge in [-0.05, 0) is 37.2 Å². The van der Waals surface area contributed by atoms with Crippen molar-refractivity contribution in [3.8, 4) is 0 Å². The van der Waals surface area contributed by atoms with Crippen LogP contribution in [0.4, 0.5) is 4.39 Å². The highest BCUT2D eigenvalue weighted by molar-refractivity contribution is 6.31. The molecule has 106 valence electrons. The van der Waals surface area contributed by atoms with Crippen LogP contribution >= 0.6 is 23.2 Å². The van der Waals surface area contributed by atoms with Gasteiger partial charge in [-0.1, -0.05) is 18.0 Å². The Hall–Kier alpha value is -0.800. The van der Waals surface area contributed by atoms with Gasteiger partial charge in [-0.2, -0.15) is 0 Å². The van der Waals surface area contributed by atoms with E-state index in [0.29, 0.717) is 23.4 Å². The molecule has 2 nitrogen and oxygen atoms in total. The van der Waals surface area contributed by atoms with E-state index < -0.39 is 5.82 Å². The highest BCUT2D eigenvalue weighted by Gasteiger charge is 2.41. The van der Waals surface area contributed by atoms with Crippen molar-refractivity contribution in [1.82, 2.24) is 9.55 Å². The van der Waals surface area contributed by atoms with E-state index in [1.54, 1.807) is 6.07 Å². The van der Waals surface area contributed by atoms with Gasteiger partial charge in [0, 0.05) is 12.1 Å². The second-order valence-corrected chi connectivity index (χ2v) is 6.70. The lowest BCUT2D eigenvalue weighted by atomic mass is 9.95. The van der Waals surface area contributed by atoms with Crippen molar-refractivity contribution < 1.29 is 4.39 Å². The smallest absolute Gasteiger partial charge is 0.144 e. The molecule has 0 amide bonds. The summed E-state index contributed by atoms with van der Waals surface area (Å²) in [6, 6.07) is 3.56. The van der Waals surface area contributed by atoms with Crippen LogP contribution < -0.4 is 0 Å². The molecule has 0 radical (unpaired) electrons. The van der Waals surface area contributed by atoms with Crippen LogP contribution in [0.15, 0.2) is 12.1 Å². The molecule has 2 aliphatic carbocycles. The number of halogens is 3. The first-order valence-corrected chi connectivity index (χ1v) is 8.00. The Labute approximate surface area is 126 Å². The summed E-state index contributed by atoms with van der Waals surface area (Å²) in [6.45, 7) is 0. The number of alkyl halides is 1. The zero-order valence-corrected chi connectivity index (χ0v) is 12.5. The molecule has 1 aromatic carbocycles. The lowest BCUT2D eigenvalue weighted by Crippen LogP contribution is -2.18. The number of rotatable bonds is 2. The van der Waals surface area contributed by atoms with Gasteiger partial charge in [0.1, 0.15) is 11.6 Å². The quantitative estimate of drug-likeness (QED) is 0.719. The molecule has 2 fully saturated rings. The zero-order valence-electron chi connectivity index (χ0n) is 11.0. The van der Waals surface area contributed by atoms with E-state index in [1.165, 1.54) is 31.7 Å². The molecule has 0 N–H and O–H groups in total. The Morgan fingerprint density at radius 1 is 1.30 bits per heavy atom. The minimum absolute atomic E-state index is 0.155. The number of fused-ring (bicyclic) bond motifs is 3. The van der Waals surface area contributed by atoms with Gasteiger partial charge in [0.05, 0.1) is 21.9 Å². The number of imidazole rings is 1. The van der Waals surface area contributed by atoms with Crippen LogP contribution in [0, 0.1) is 17.7 Å². The third kappa shape index (κ3) is 1.79. The third-order valence-corrected chi connectivity index (χ3v) is 5.49. The first-order chi connectivity index (χ1) is 9.67. The second-order valence-electron chi connectivity index (χ2n) is 6.03. The third-order valence-electron chi connectivity index (χ3n) is 4.96. The number of nitrogens with zero attached hydrogens (tertiary/aromatic N) is 2. The summed E-state index contributed by atoms with van der Waals surface area (Å²) in [5.74, 6) is 2.31. The predicted molar refractivity (Wildman–Crippen MR) is 78.7 cm³/mol. The average molecular weight is 313 g/mol. The van der Waals surface area contributed by atoms with Crippen LogP contribution in [-0.2, 0) is 5.88 Å². The first-order valence-electron chi connectivity index (χ1n) is 7.09. The Balaban J connectivity index is 1.90. The van der Waals surface area contributed by atoms with Crippen molar-refractivity contribution in [2.45, 2.75) is 37.6 Å². The standard InChI is InChI=1S/C15H15Cl2FN2/c16-7-15-19-12-6-11(18)10(17)5-14(12)20(15)13-4-8-1-2-9(13)3-8/h5-6,8-9,13H,1-4,7H2. The van der Waals surface area contributed by atoms with E-state index in [-0.39, 0.29) is 5.02 Å². The fourth-order valence-electron chi connectivity index (χ4n) is 4.13. The molecule has 1 heterocycles. The Morgan fingerprint density at radius 3 is 2.80 bits per heavy atom. The number of benzene rings is 1. The molecule has 20 heavy (non-hydrogen) atoms. The maximum atomic E-state index is 13.6. The minimum Gasteiger partial charge on any atom is -0.324 e. The highest BCUT2D eigenvalue weighted by Crippen LogP contribution is 2.51. The Bertz CT molecular complexity index is 682. The van der Waals surface area contributed by atoms with E-state index >= 15 is 0 Å². The second kappa shape index (κ2) is 4.60. The van der Waals surface area contributed by atoms with Crippen LogP contribution in [0.5, 0.6) is 0 Å². The molecular formula is C15H15Cl2FN2. The first kappa shape index (κ1) is 12.9. The molecule has 1 aromatic heterocycles. The molecule has 3 atom stereocenters. The molecular weight excluding hydrogens is 298 g/mol. The van der Waals surface area contributed by atoms with E-state index in [9.17, 15) is 4.39 Å². The highest BCUT2D eigenvalue weighted by atomic mass is 35.5. The van der Waals surface area contributed by atoms with Gasteiger partial charge in [0.25, 0.3) is 0 Å². The molecule has 5 heteroatoms. The van der Waals surface area contributed by atoms with E-state index in [0.717, 1.165) is 17.3 Å². The lowest BCUT2D eigenvalue weighted by Gasteiger charge is -2.25. The molecule has 2 aromatic rings. The maximum Gasteiger partial charge on any atom is 0.144 e. The summed E-state index contributed by atoms with van der Waals surface area (Å²) in [4.78, 5) is 4.49. The van der Waals surface area contributed by atoms with Gasteiger partial charge in [0.2, 0.25) is 0 Å². The van der Waals surface area contributed by atoms with Gasteiger partial charge in [-0.3, -0.25) is 0 Å². The molecule has 0 aliphatic heterocycles. The predicted octanol–water partition coefficient (Wildman–Crippen LogP) is 4.93. The largest absolute Gasteiger partial charge is 0.324 e. The summed E-state index contributed by atoms with van der Waals surface area (Å²) >= 11 is 12.0. The van der Waals surface area contributed by atoms with Crippen molar-refractivity contribution in [2.75, 3.05) is 0 Å². The van der Waals surface area contributed by atoms with Crippen LogP contribution in [0.25, 0.3) is 11.0 Å². The molecule has 4 rings (SSSR count). The summed E-state index contributed by atoms with van der Waals surface area (Å²) < 4.78 is 15.8. The molecule has 3 unspecified atom stereocenters. The van der Waals surface area contributed by atoms with Crippen molar-refractivity contribution >= 4 is 34.2 Å². The molecule has 2 aliphatic rings. The summed E-state index contributed by atoms with van der Waals surface area (Å²) in [7, 11) is 0. The van der Waals surface area contributed by atoms with Crippen molar-refractivity contribution in [2.24, 2.45) is 11.8 Å². The fourth-order valence-corrected chi connectivity index (χ4v) is 4.48. The summed E-state index contributed by atoms with van der Waals surface area (Å²) in [5, 5.41) is 0.155. The van der Waals surface area contributed by atoms with Crippen LogP contribution in [0.3, 0.4) is 0 Å². The Kier molecular flexibility index (Phi) is 2.97. The molecule has 0 saturated heterocycles. The van der Waals surface area contributed by atoms with Crippen LogP contribution in [0.2, 0.25) is 5.02 Å². The minimum atomic E-state index is -0.419. The van der Waals surface area contributed by atoms with Gasteiger partial charge in [-0.15, -0.1) is 11.6 Å². The normalized spacial score (nSPS) is 28.6. The molecule has 0 spiro atoms. The zero-order chi connectivity index (χ0) is 13.9. The monoisotopic (exact) mass is 312 g/mol. The SMILES string of the molecule is Fc1cc2nc(CCl)n(C3CC4CCC3C4)c2cc1Cl. The van der Waals surface area contributed by atoms with Crippen molar-refractivity contribution in [3.63, 3.8) is 0 Å². The number of hydrogen-bond acceptors (Lipinski definition) is 1. The van der Waals surface area contributed by atoms with Gasteiger partial charge >= 0.3 is 0 Å². The summed E-state index contributed by atoms with van der Waals surface area (Å²) in [5.41, 5.74) is 1.58. The topological polar surface area (TPSA) is 17.8 Å². The van der Waals surface area contributed by atoms with E-state index in [4.69, 9.17) is 23.2 Å². The lowest BCUT2D eigenvalue weighted by molar-refractivity contribution is 0.331. The maximum absolute atomic E-state index is 13.6. The number of aromatic nitrogens is 2. The average Bonchev–Trinajstić information content (AvgIpc) is 3.12. The Morgan fingerprint density at radius 2 is 2.15 bits per heavy atom. The number of hydrogen-bond donors (Lipinski definition) is 0. The molecule has 2 saturated carbocycles. The van der Waals surface area contributed by atoms with Crippen molar-refractivity contribution in [3.05, 3.63) is 28.8 Å². The van der Waals surface area contributed by atoms with Crippen LogP contribution in [-0.4, -0.2) is 9.55 Å². The van der Waals surface area contributed by atoms with Gasteiger partial charge in [0.15, 0.2) is 0 Å². The summed E-state index contributed by atoms with van der Waals surface area (Å²) in [6.07, 6.45) is 5.13. The van der Waals surface area contributed by atoms with Gasteiger partial charge < -0.3 is 4.57 Å². The van der Waals surface area contributed by atoms with E-state index in [2.05, 4.69) is 9.55 Å². The molecule has 2 bridgehead atoms. The van der Waals surface area contributed by atoms with Crippen LogP contribution in [0.1, 0.15) is 37.5 Å². The van der Waals surface area contributed by atoms with E-state index in [1.807, 2.05) is 0 Å². The van der Waals surface area contributed by atoms with Gasteiger partial charge in [-0.25, -0.2) is 9.37 Å². The van der Waals surface area contributed by atoms with Crippen molar-refractivity contribution in [1.29, 1.82) is 0 Å². The fraction of sp³-hybridized carbons (Fsp3) is 0.533.